The Labute approximate surface area is 179 Å². The molecule has 3 aromatic rings. The van der Waals surface area contributed by atoms with Crippen molar-refractivity contribution >= 4 is 28.2 Å². The van der Waals surface area contributed by atoms with E-state index in [4.69, 9.17) is 10.5 Å². The van der Waals surface area contributed by atoms with E-state index in [-0.39, 0.29) is 5.91 Å². The van der Waals surface area contributed by atoms with Gasteiger partial charge in [-0.25, -0.2) is 0 Å². The molecule has 2 aromatic carbocycles. The molecule has 1 aliphatic carbocycles. The molecule has 4 rings (SSSR count). The fraction of sp³-hybridized carbons (Fsp3) is 0.250. The van der Waals surface area contributed by atoms with Gasteiger partial charge in [-0.3, -0.25) is 9.59 Å². The molecule has 0 bridgehead atoms. The van der Waals surface area contributed by atoms with Gasteiger partial charge in [0.1, 0.15) is 17.4 Å². The average molecular weight is 421 g/mol. The fourth-order valence-electron chi connectivity index (χ4n) is 3.72. The molecule has 3 N–H and O–H groups in total. The minimum absolute atomic E-state index is 0.265. The zero-order chi connectivity index (χ0) is 21.1. The van der Waals surface area contributed by atoms with Gasteiger partial charge in [0.15, 0.2) is 0 Å². The van der Waals surface area contributed by atoms with Crippen LogP contribution < -0.4 is 15.8 Å². The summed E-state index contributed by atoms with van der Waals surface area (Å²) in [6, 6.07) is 16.9. The molecule has 0 aliphatic heterocycles. The van der Waals surface area contributed by atoms with E-state index < -0.39 is 5.91 Å². The lowest BCUT2D eigenvalue weighted by atomic mass is 9.88. The first-order valence-corrected chi connectivity index (χ1v) is 10.9. The maximum absolute atomic E-state index is 12.8. The summed E-state index contributed by atoms with van der Waals surface area (Å²) in [6.45, 7) is 2.67. The number of ether oxygens (including phenoxy) is 1. The largest absolute Gasteiger partial charge is 0.489 e. The predicted octanol–water partition coefficient (Wildman–Crippen LogP) is 4.80. The second-order valence-corrected chi connectivity index (χ2v) is 8.78. The molecule has 0 fully saturated rings. The highest BCUT2D eigenvalue weighted by molar-refractivity contribution is 7.17. The summed E-state index contributed by atoms with van der Waals surface area (Å²) in [7, 11) is 0. The molecular formula is C24H24N2O3S. The number of hydrogen-bond donors (Lipinski definition) is 2. The molecule has 5 nitrogen and oxygen atoms in total. The molecule has 0 saturated carbocycles. The Kier molecular flexibility index (Phi) is 5.86. The van der Waals surface area contributed by atoms with Crippen LogP contribution in [-0.4, -0.2) is 11.8 Å². The highest BCUT2D eigenvalue weighted by Gasteiger charge is 2.27. The van der Waals surface area contributed by atoms with Crippen LogP contribution in [0.4, 0.5) is 5.00 Å². The first-order valence-electron chi connectivity index (χ1n) is 10.0. The van der Waals surface area contributed by atoms with Gasteiger partial charge in [0.2, 0.25) is 0 Å². The molecule has 1 atom stereocenters. The van der Waals surface area contributed by atoms with E-state index >= 15 is 0 Å². The van der Waals surface area contributed by atoms with Crippen molar-refractivity contribution in [3.05, 3.63) is 81.7 Å². The maximum Gasteiger partial charge on any atom is 0.256 e. The van der Waals surface area contributed by atoms with Gasteiger partial charge in [0, 0.05) is 10.4 Å². The predicted molar refractivity (Wildman–Crippen MR) is 119 cm³/mol. The Balaban J connectivity index is 1.46. The molecule has 2 amide bonds. The van der Waals surface area contributed by atoms with E-state index in [0.29, 0.717) is 34.4 Å². The van der Waals surface area contributed by atoms with Crippen LogP contribution in [0.25, 0.3) is 0 Å². The van der Waals surface area contributed by atoms with Gasteiger partial charge < -0.3 is 15.8 Å². The summed E-state index contributed by atoms with van der Waals surface area (Å²) >= 11 is 1.47. The lowest BCUT2D eigenvalue weighted by Crippen LogP contribution is -2.19. The van der Waals surface area contributed by atoms with Crippen LogP contribution in [0.2, 0.25) is 0 Å². The smallest absolute Gasteiger partial charge is 0.256 e. The number of thiophene rings is 1. The first kappa shape index (κ1) is 20.2. The van der Waals surface area contributed by atoms with E-state index in [1.54, 1.807) is 24.3 Å². The summed E-state index contributed by atoms with van der Waals surface area (Å²) < 4.78 is 5.77. The third-order valence-electron chi connectivity index (χ3n) is 5.35. The Morgan fingerprint density at radius 3 is 2.57 bits per heavy atom. The van der Waals surface area contributed by atoms with Crippen LogP contribution in [0.5, 0.6) is 5.75 Å². The highest BCUT2D eigenvalue weighted by Crippen LogP contribution is 2.39. The molecule has 30 heavy (non-hydrogen) atoms. The molecule has 6 heteroatoms. The lowest BCUT2D eigenvalue weighted by molar-refractivity contribution is 0.1000. The van der Waals surface area contributed by atoms with Gasteiger partial charge in [-0.1, -0.05) is 37.3 Å². The van der Waals surface area contributed by atoms with Gasteiger partial charge in [-0.15, -0.1) is 11.3 Å². The van der Waals surface area contributed by atoms with Crippen molar-refractivity contribution in [3.63, 3.8) is 0 Å². The van der Waals surface area contributed by atoms with Gasteiger partial charge >= 0.3 is 0 Å². The van der Waals surface area contributed by atoms with Gasteiger partial charge in [-0.05, 0) is 60.6 Å². The molecule has 0 saturated heterocycles. The topological polar surface area (TPSA) is 81.4 Å². The van der Waals surface area contributed by atoms with Crippen molar-refractivity contribution in [2.24, 2.45) is 11.7 Å². The summed E-state index contributed by atoms with van der Waals surface area (Å²) in [6.07, 6.45) is 2.78. The molecular weight excluding hydrogens is 396 g/mol. The van der Waals surface area contributed by atoms with E-state index in [1.165, 1.54) is 11.3 Å². The number of primary amides is 1. The van der Waals surface area contributed by atoms with Crippen LogP contribution >= 0.6 is 11.3 Å². The first-order chi connectivity index (χ1) is 14.5. The third kappa shape index (κ3) is 4.39. The zero-order valence-electron chi connectivity index (χ0n) is 16.8. The number of nitrogens with two attached hydrogens (primary N) is 1. The maximum atomic E-state index is 12.8. The fourth-order valence-corrected chi connectivity index (χ4v) is 5.13. The SMILES string of the molecule is C[C@@H]1CCc2c(sc(NC(=O)c3ccc(OCc4ccccc4)cc3)c2C(N)=O)C1. The van der Waals surface area contributed by atoms with Crippen LogP contribution in [-0.2, 0) is 19.4 Å². The minimum Gasteiger partial charge on any atom is -0.489 e. The lowest BCUT2D eigenvalue weighted by Gasteiger charge is -2.18. The Morgan fingerprint density at radius 1 is 1.13 bits per heavy atom. The third-order valence-corrected chi connectivity index (χ3v) is 6.52. The molecule has 0 unspecified atom stereocenters. The number of fused-ring (bicyclic) bond motifs is 1. The standard InChI is InChI=1S/C24H24N2O3S/c1-15-7-12-19-20(13-15)30-24(21(19)22(25)27)26-23(28)17-8-10-18(11-9-17)29-14-16-5-3-2-4-6-16/h2-6,8-11,15H,7,12-14H2,1H3,(H2,25,27)(H,26,28)/t15-/m1/s1. The summed E-state index contributed by atoms with van der Waals surface area (Å²) in [5.74, 6) is 0.512. The monoisotopic (exact) mass is 420 g/mol. The molecule has 1 heterocycles. The molecule has 1 aliphatic rings. The van der Waals surface area contributed by atoms with Crippen molar-refractivity contribution in [1.82, 2.24) is 0 Å². The van der Waals surface area contributed by atoms with Crippen LogP contribution in [0.3, 0.4) is 0 Å². The van der Waals surface area contributed by atoms with Gasteiger partial charge in [0.25, 0.3) is 11.8 Å². The quantitative estimate of drug-likeness (QED) is 0.601. The van der Waals surface area contributed by atoms with E-state index in [2.05, 4.69) is 12.2 Å². The number of carbonyl (C=O) groups is 2. The number of hydrogen-bond acceptors (Lipinski definition) is 4. The van der Waals surface area contributed by atoms with Gasteiger partial charge in [0.05, 0.1) is 5.56 Å². The second kappa shape index (κ2) is 8.71. The number of rotatable bonds is 6. The van der Waals surface area contributed by atoms with Crippen LogP contribution in [0.1, 0.15) is 50.1 Å². The Morgan fingerprint density at radius 2 is 1.87 bits per heavy atom. The van der Waals surface area contributed by atoms with Crippen LogP contribution in [0.15, 0.2) is 54.6 Å². The number of amides is 2. The summed E-state index contributed by atoms with van der Waals surface area (Å²) in [4.78, 5) is 26.0. The van der Waals surface area contributed by atoms with Crippen molar-refractivity contribution in [2.75, 3.05) is 5.32 Å². The molecule has 0 spiro atoms. The van der Waals surface area contributed by atoms with Crippen molar-refractivity contribution in [1.29, 1.82) is 0 Å². The van der Waals surface area contributed by atoms with E-state index in [9.17, 15) is 9.59 Å². The summed E-state index contributed by atoms with van der Waals surface area (Å²) in [5.41, 5.74) is 8.68. The Hall–Kier alpha value is -3.12. The minimum atomic E-state index is -0.484. The average Bonchev–Trinajstić information content (AvgIpc) is 3.10. The molecule has 1 aromatic heterocycles. The van der Waals surface area contributed by atoms with Crippen molar-refractivity contribution in [2.45, 2.75) is 32.8 Å². The Bertz CT molecular complexity index is 1060. The highest BCUT2D eigenvalue weighted by atomic mass is 32.1. The van der Waals surface area contributed by atoms with Crippen molar-refractivity contribution < 1.29 is 14.3 Å². The van der Waals surface area contributed by atoms with E-state index in [1.807, 2.05) is 30.3 Å². The number of carbonyl (C=O) groups excluding carboxylic acids is 2. The molecule has 154 valence electrons. The van der Waals surface area contributed by atoms with Crippen molar-refractivity contribution in [3.8, 4) is 5.75 Å². The number of nitrogens with one attached hydrogen (secondary N) is 1. The van der Waals surface area contributed by atoms with Crippen LogP contribution in [0, 0.1) is 5.92 Å². The van der Waals surface area contributed by atoms with Gasteiger partial charge in [-0.2, -0.15) is 0 Å². The second-order valence-electron chi connectivity index (χ2n) is 7.67. The number of anilines is 1. The summed E-state index contributed by atoms with van der Waals surface area (Å²) in [5, 5.41) is 3.45. The number of benzene rings is 2. The molecule has 0 radical (unpaired) electrons. The zero-order valence-corrected chi connectivity index (χ0v) is 17.6. The van der Waals surface area contributed by atoms with E-state index in [0.717, 1.165) is 35.3 Å². The normalized spacial score (nSPS) is 15.3.